The highest BCUT2D eigenvalue weighted by molar-refractivity contribution is 6.95. The minimum absolute atomic E-state index is 0. The molecule has 38 heavy (non-hydrogen) atoms. The number of nitrogens with zero attached hydrogens (tertiary/aromatic N) is 1. The summed E-state index contributed by atoms with van der Waals surface area (Å²) in [5.74, 6) is 0. The Morgan fingerprint density at radius 3 is 0.895 bits per heavy atom. The summed E-state index contributed by atoms with van der Waals surface area (Å²) >= 11 is 0. The van der Waals surface area contributed by atoms with Crippen LogP contribution in [0.5, 0.6) is 0 Å². The minimum Gasteiger partial charge on any atom is -0.344 e. The van der Waals surface area contributed by atoms with Gasteiger partial charge in [-0.2, -0.15) is 0 Å². The van der Waals surface area contributed by atoms with Crippen molar-refractivity contribution in [2.45, 2.75) is 79.1 Å². The van der Waals surface area contributed by atoms with Crippen molar-refractivity contribution in [2.75, 3.05) is 26.2 Å². The number of benzene rings is 3. The molecule has 0 saturated heterocycles. The van der Waals surface area contributed by atoms with Crippen LogP contribution in [0.25, 0.3) is 0 Å². The smallest absolute Gasteiger partial charge is 0.154 e. The van der Waals surface area contributed by atoms with Crippen LogP contribution in [0.15, 0.2) is 91.0 Å². The molecule has 1 radical (unpaired) electrons. The number of hydrogen-bond acceptors (Lipinski definition) is 1. The second kappa shape index (κ2) is 21.6. The van der Waals surface area contributed by atoms with E-state index < -0.39 is 8.80 Å². The van der Waals surface area contributed by atoms with Gasteiger partial charge in [-0.1, -0.05) is 160 Å². The van der Waals surface area contributed by atoms with E-state index in [1.54, 1.807) is 0 Å². The summed E-state index contributed by atoms with van der Waals surface area (Å²) in [5.41, 5.74) is 0. The Bertz CT molecular complexity index is 774. The van der Waals surface area contributed by atoms with E-state index >= 15 is 0 Å². The third kappa shape index (κ3) is 12.5. The van der Waals surface area contributed by atoms with E-state index in [9.17, 15) is 0 Å². The van der Waals surface area contributed by atoms with Crippen molar-refractivity contribution in [1.29, 1.82) is 0 Å². The van der Waals surface area contributed by atoms with Gasteiger partial charge in [0.15, 0.2) is 8.80 Å². The molecule has 2 nitrogen and oxygen atoms in total. The van der Waals surface area contributed by atoms with Crippen LogP contribution in [0.3, 0.4) is 0 Å². The Kier molecular flexibility index (Phi) is 20.3. The summed E-state index contributed by atoms with van der Waals surface area (Å²) in [5, 5.41) is 4.31. The number of halogens is 1. The highest BCUT2D eigenvalue weighted by atomic mass is 28.3. The molecule has 3 aromatic rings. The fraction of sp³-hybridized carbons (Fsp3) is 0.471. The molecule has 4 heteroatoms. The molecule has 3 N–H and O–H groups in total. The van der Waals surface area contributed by atoms with Gasteiger partial charge < -0.3 is 10.6 Å². The van der Waals surface area contributed by atoms with Gasteiger partial charge in [0.25, 0.3) is 0 Å². The van der Waals surface area contributed by atoms with Gasteiger partial charge in [-0.15, -0.1) is 0 Å². The van der Waals surface area contributed by atoms with E-state index in [2.05, 4.69) is 119 Å². The number of quaternary nitrogens is 1. The Morgan fingerprint density at radius 1 is 0.447 bits per heavy atom. The molecule has 0 bridgehead atoms. The third-order valence-electron chi connectivity index (χ3n) is 7.13. The summed E-state index contributed by atoms with van der Waals surface area (Å²) in [6, 6.07) is 32.5. The van der Waals surface area contributed by atoms with Crippen LogP contribution in [0.2, 0.25) is 0 Å². The fourth-order valence-corrected chi connectivity index (χ4v) is 7.54. The monoisotopic (exact) mass is 538 g/mol. The molecule has 0 aromatic heterocycles. The number of unbranched alkanes of at least 4 members (excludes halogenated alkanes) is 4. The summed E-state index contributed by atoms with van der Waals surface area (Å²) in [4.78, 5) is 0. The molecule has 211 valence electrons. The molecule has 0 aliphatic carbocycles. The van der Waals surface area contributed by atoms with Gasteiger partial charge in [-0.05, 0) is 25.7 Å². The first-order valence-corrected chi connectivity index (χ1v) is 16.1. The van der Waals surface area contributed by atoms with Crippen LogP contribution >= 0.6 is 0 Å². The average Bonchev–Trinajstić information content (AvgIpc) is 2.94. The van der Waals surface area contributed by atoms with Crippen LogP contribution in [0.1, 0.15) is 79.1 Å². The standard InChI is InChI=1S/C18H15Si.C16H36N.FH.H3N/c1-4-10-16(11-5-1)19(17-12-6-2-7-13-17)18-14-8-3-9-15-18;1-5-9-13-17(14-10-6-2,15-11-7-3)16-12-8-4;;/h1-15H;5-16H2,1-4H3;1H;1H3/q;+1;;. The minimum atomic E-state index is -0.877. The largest absolute Gasteiger partial charge is 0.344 e. The topological polar surface area (TPSA) is 35.0 Å². The Balaban J connectivity index is 0.000000691. The van der Waals surface area contributed by atoms with Gasteiger partial charge in [-0.25, -0.2) is 0 Å². The lowest BCUT2D eigenvalue weighted by Crippen LogP contribution is -2.51. The number of hydrogen-bond donors (Lipinski definition) is 1. The van der Waals surface area contributed by atoms with Crippen LogP contribution in [-0.4, -0.2) is 39.5 Å². The second-order valence-electron chi connectivity index (χ2n) is 10.1. The Morgan fingerprint density at radius 2 is 0.684 bits per heavy atom. The SMILES string of the molecule is CCCC[N+](CCCC)(CCCC)CCCC.F.N.c1ccc([Si](c2ccccc2)c2ccccc2)cc1. The lowest BCUT2D eigenvalue weighted by atomic mass is 10.1. The first kappa shape index (κ1) is 35.7. The van der Waals surface area contributed by atoms with Gasteiger partial charge in [-0.3, -0.25) is 4.70 Å². The van der Waals surface area contributed by atoms with Crippen LogP contribution in [0, 0.1) is 0 Å². The molecule has 0 spiro atoms. The molecule has 0 amide bonds. The van der Waals surface area contributed by atoms with Gasteiger partial charge in [0.05, 0.1) is 26.2 Å². The first-order valence-electron chi connectivity index (χ1n) is 14.6. The predicted octanol–water partition coefficient (Wildman–Crippen LogP) is 7.52. The van der Waals surface area contributed by atoms with Gasteiger partial charge >= 0.3 is 0 Å². The molecule has 0 aliphatic heterocycles. The van der Waals surface area contributed by atoms with Crippen LogP contribution < -0.4 is 21.7 Å². The zero-order valence-electron chi connectivity index (χ0n) is 24.7. The van der Waals surface area contributed by atoms with Crippen molar-refractivity contribution in [1.82, 2.24) is 6.15 Å². The van der Waals surface area contributed by atoms with Crippen LogP contribution in [0.4, 0.5) is 4.70 Å². The molecule has 0 heterocycles. The van der Waals surface area contributed by atoms with Crippen molar-refractivity contribution < 1.29 is 9.19 Å². The zero-order chi connectivity index (χ0) is 25.9. The summed E-state index contributed by atoms with van der Waals surface area (Å²) < 4.78 is 1.42. The van der Waals surface area contributed by atoms with E-state index in [1.807, 2.05) is 0 Å². The van der Waals surface area contributed by atoms with Crippen molar-refractivity contribution in [2.24, 2.45) is 0 Å². The summed E-state index contributed by atoms with van der Waals surface area (Å²) in [7, 11) is -0.877. The molecule has 0 unspecified atom stereocenters. The molecule has 3 aromatic carbocycles. The van der Waals surface area contributed by atoms with E-state index in [0.717, 1.165) is 0 Å². The van der Waals surface area contributed by atoms with Gasteiger partial charge in [0.1, 0.15) is 0 Å². The lowest BCUT2D eigenvalue weighted by Gasteiger charge is -2.39. The fourth-order valence-electron chi connectivity index (χ4n) is 4.96. The first-order chi connectivity index (χ1) is 17.7. The highest BCUT2D eigenvalue weighted by Crippen LogP contribution is 2.16. The molecule has 0 saturated carbocycles. The maximum Gasteiger partial charge on any atom is 0.154 e. The lowest BCUT2D eigenvalue weighted by molar-refractivity contribution is -0.929. The highest BCUT2D eigenvalue weighted by Gasteiger charge is 2.24. The van der Waals surface area contributed by atoms with E-state index in [-0.39, 0.29) is 10.9 Å². The second-order valence-corrected chi connectivity index (χ2v) is 12.6. The predicted molar refractivity (Wildman–Crippen MR) is 171 cm³/mol. The zero-order valence-corrected chi connectivity index (χ0v) is 25.7. The molecular weight excluding hydrogens is 483 g/mol. The maximum atomic E-state index is 2.33. The quantitative estimate of drug-likeness (QED) is 0.121. The molecule has 3 rings (SSSR count). The van der Waals surface area contributed by atoms with Crippen molar-refractivity contribution in [3.8, 4) is 0 Å². The average molecular weight is 539 g/mol. The van der Waals surface area contributed by atoms with E-state index in [4.69, 9.17) is 0 Å². The normalized spacial score (nSPS) is 10.7. The molecule has 0 aliphatic rings. The maximum absolute atomic E-state index is 2.33. The van der Waals surface area contributed by atoms with Gasteiger partial charge in [0.2, 0.25) is 0 Å². The van der Waals surface area contributed by atoms with Crippen molar-refractivity contribution >= 4 is 24.4 Å². The van der Waals surface area contributed by atoms with E-state index in [1.165, 1.54) is 97.6 Å². The van der Waals surface area contributed by atoms with Crippen molar-refractivity contribution in [3.05, 3.63) is 91.0 Å². The Hall–Kier alpha value is -2.27. The van der Waals surface area contributed by atoms with Crippen LogP contribution in [-0.2, 0) is 0 Å². The molecule has 0 fully saturated rings. The van der Waals surface area contributed by atoms with Gasteiger partial charge in [0, 0.05) is 0 Å². The molecule has 0 atom stereocenters. The number of rotatable bonds is 15. The van der Waals surface area contributed by atoms with Crippen molar-refractivity contribution in [3.63, 3.8) is 0 Å². The summed E-state index contributed by atoms with van der Waals surface area (Å²) in [6.45, 7) is 15.0. The third-order valence-corrected chi connectivity index (χ3v) is 9.86. The Labute approximate surface area is 235 Å². The van der Waals surface area contributed by atoms with E-state index in [0.29, 0.717) is 0 Å². The summed E-state index contributed by atoms with van der Waals surface area (Å²) in [6.07, 6.45) is 11.1. The molecular formula is C34H55FN2Si+.